The summed E-state index contributed by atoms with van der Waals surface area (Å²) < 4.78 is 5.62. The van der Waals surface area contributed by atoms with Crippen LogP contribution in [0.2, 0.25) is 0 Å². The van der Waals surface area contributed by atoms with E-state index < -0.39 is 0 Å². The van der Waals surface area contributed by atoms with E-state index in [0.717, 1.165) is 17.7 Å². The number of hydrogen-bond donors (Lipinski definition) is 2. The largest absolute Gasteiger partial charge is 0.508 e. The molecule has 3 N–H and O–H groups in total. The molecule has 3 nitrogen and oxygen atoms in total. The first kappa shape index (κ1) is 12.1. The summed E-state index contributed by atoms with van der Waals surface area (Å²) in [6, 6.07) is 15.5. The predicted octanol–water partition coefficient (Wildman–Crippen LogP) is 2.44. The van der Waals surface area contributed by atoms with Crippen LogP contribution in [0.5, 0.6) is 11.5 Å². The van der Waals surface area contributed by atoms with E-state index in [0.29, 0.717) is 6.61 Å². The Balaban J connectivity index is 1.94. The third kappa shape index (κ3) is 2.42. The van der Waals surface area contributed by atoms with Crippen LogP contribution in [0.25, 0.3) is 0 Å². The summed E-state index contributed by atoms with van der Waals surface area (Å²) in [5.41, 5.74) is 8.44. The molecule has 3 rings (SSSR count). The quantitative estimate of drug-likeness (QED) is 0.866. The lowest BCUT2D eigenvalue weighted by Crippen LogP contribution is -2.39. The van der Waals surface area contributed by atoms with Gasteiger partial charge in [-0.2, -0.15) is 0 Å². The molecular formula is C16H17NO2. The summed E-state index contributed by atoms with van der Waals surface area (Å²) in [4.78, 5) is 0. The zero-order chi connectivity index (χ0) is 13.2. The Morgan fingerprint density at radius 3 is 2.74 bits per heavy atom. The van der Waals surface area contributed by atoms with Gasteiger partial charge in [-0.15, -0.1) is 0 Å². The summed E-state index contributed by atoms with van der Waals surface area (Å²) in [6.45, 7) is 0.523. The zero-order valence-electron chi connectivity index (χ0n) is 10.6. The zero-order valence-corrected chi connectivity index (χ0v) is 10.6. The number of hydrogen-bond acceptors (Lipinski definition) is 3. The van der Waals surface area contributed by atoms with E-state index in [1.165, 1.54) is 5.56 Å². The molecule has 0 saturated heterocycles. The number of phenols is 1. The average Bonchev–Trinajstić information content (AvgIpc) is 2.43. The minimum absolute atomic E-state index is 0.0468. The molecular weight excluding hydrogens is 238 g/mol. The Hall–Kier alpha value is -2.00. The molecule has 0 amide bonds. The monoisotopic (exact) mass is 255 g/mol. The first-order valence-corrected chi connectivity index (χ1v) is 6.49. The molecule has 0 unspecified atom stereocenters. The Kier molecular flexibility index (Phi) is 3.13. The van der Waals surface area contributed by atoms with Crippen LogP contribution in [0.15, 0.2) is 48.5 Å². The fourth-order valence-electron chi connectivity index (χ4n) is 2.62. The summed E-state index contributed by atoms with van der Waals surface area (Å²) >= 11 is 0. The van der Waals surface area contributed by atoms with Crippen LogP contribution in [0.1, 0.15) is 17.0 Å². The van der Waals surface area contributed by atoms with E-state index >= 15 is 0 Å². The van der Waals surface area contributed by atoms with Crippen LogP contribution < -0.4 is 10.5 Å². The summed E-state index contributed by atoms with van der Waals surface area (Å²) in [6.07, 6.45) is 0.863. The van der Waals surface area contributed by atoms with Gasteiger partial charge in [-0.05, 0) is 30.2 Å². The summed E-state index contributed by atoms with van der Waals surface area (Å²) in [5.74, 6) is 1.27. The van der Waals surface area contributed by atoms with Gasteiger partial charge in [0.25, 0.3) is 0 Å². The van der Waals surface area contributed by atoms with Crippen molar-refractivity contribution in [2.75, 3.05) is 6.61 Å². The number of ether oxygens (including phenoxy) is 1. The van der Waals surface area contributed by atoms with Gasteiger partial charge in [0, 0.05) is 17.5 Å². The Morgan fingerprint density at radius 2 is 1.95 bits per heavy atom. The highest BCUT2D eigenvalue weighted by molar-refractivity contribution is 5.44. The van der Waals surface area contributed by atoms with E-state index in [1.807, 2.05) is 24.3 Å². The van der Waals surface area contributed by atoms with Crippen molar-refractivity contribution < 1.29 is 9.84 Å². The second-order valence-electron chi connectivity index (χ2n) is 4.99. The van der Waals surface area contributed by atoms with Crippen LogP contribution in [0.4, 0.5) is 0 Å². The maximum absolute atomic E-state index is 9.66. The van der Waals surface area contributed by atoms with Crippen LogP contribution in [-0.4, -0.2) is 17.8 Å². The molecule has 0 bridgehead atoms. The Labute approximate surface area is 112 Å². The third-order valence-electron chi connectivity index (χ3n) is 3.64. The van der Waals surface area contributed by atoms with Crippen molar-refractivity contribution in [1.29, 1.82) is 0 Å². The fourth-order valence-corrected chi connectivity index (χ4v) is 2.62. The van der Waals surface area contributed by atoms with Crippen LogP contribution in [0, 0.1) is 0 Å². The second kappa shape index (κ2) is 4.94. The number of nitrogens with two attached hydrogens (primary N) is 1. The predicted molar refractivity (Wildman–Crippen MR) is 74.5 cm³/mol. The average molecular weight is 255 g/mol. The lowest BCUT2D eigenvalue weighted by molar-refractivity contribution is 0.237. The molecule has 2 aromatic rings. The van der Waals surface area contributed by atoms with E-state index in [-0.39, 0.29) is 17.7 Å². The maximum atomic E-state index is 9.66. The van der Waals surface area contributed by atoms with Gasteiger partial charge in [-0.3, -0.25) is 0 Å². The fraction of sp³-hybridized carbons (Fsp3) is 0.250. The molecule has 1 aliphatic rings. The van der Waals surface area contributed by atoms with Gasteiger partial charge in [0.15, 0.2) is 0 Å². The number of aromatic hydroxyl groups is 1. The SMILES string of the molecule is N[C@H]1COc2ccc(O)cc2[C@H]1Cc1ccccc1. The van der Waals surface area contributed by atoms with Gasteiger partial charge < -0.3 is 15.6 Å². The van der Waals surface area contributed by atoms with Crippen molar-refractivity contribution >= 4 is 0 Å². The van der Waals surface area contributed by atoms with Gasteiger partial charge in [-0.25, -0.2) is 0 Å². The highest BCUT2D eigenvalue weighted by Crippen LogP contribution is 2.37. The minimum atomic E-state index is -0.0468. The van der Waals surface area contributed by atoms with Crippen molar-refractivity contribution in [2.24, 2.45) is 5.73 Å². The highest BCUT2D eigenvalue weighted by Gasteiger charge is 2.28. The highest BCUT2D eigenvalue weighted by atomic mass is 16.5. The molecule has 0 spiro atoms. The Morgan fingerprint density at radius 1 is 1.16 bits per heavy atom. The molecule has 0 aromatic heterocycles. The number of fused-ring (bicyclic) bond motifs is 1. The van der Waals surface area contributed by atoms with Gasteiger partial charge in [0.1, 0.15) is 18.1 Å². The van der Waals surface area contributed by atoms with E-state index in [9.17, 15) is 5.11 Å². The van der Waals surface area contributed by atoms with Crippen molar-refractivity contribution in [3.8, 4) is 11.5 Å². The van der Waals surface area contributed by atoms with E-state index in [1.54, 1.807) is 12.1 Å². The van der Waals surface area contributed by atoms with Gasteiger partial charge in [0.2, 0.25) is 0 Å². The van der Waals surface area contributed by atoms with Crippen molar-refractivity contribution in [3.05, 3.63) is 59.7 Å². The van der Waals surface area contributed by atoms with Gasteiger partial charge in [0.05, 0.1) is 0 Å². The molecule has 2 aromatic carbocycles. The number of phenolic OH excluding ortho intramolecular Hbond substituents is 1. The second-order valence-corrected chi connectivity index (χ2v) is 4.99. The number of benzene rings is 2. The van der Waals surface area contributed by atoms with Crippen molar-refractivity contribution in [2.45, 2.75) is 18.4 Å². The smallest absolute Gasteiger partial charge is 0.123 e. The van der Waals surface area contributed by atoms with Crippen molar-refractivity contribution in [1.82, 2.24) is 0 Å². The normalized spacial score (nSPS) is 21.5. The third-order valence-corrected chi connectivity index (χ3v) is 3.64. The molecule has 19 heavy (non-hydrogen) atoms. The molecule has 2 atom stereocenters. The van der Waals surface area contributed by atoms with E-state index in [2.05, 4.69) is 12.1 Å². The summed E-state index contributed by atoms with van der Waals surface area (Å²) in [7, 11) is 0. The molecule has 1 heterocycles. The standard InChI is InChI=1S/C16H17NO2/c17-15-10-19-16-7-6-12(18)9-14(16)13(15)8-11-4-2-1-3-5-11/h1-7,9,13,15,18H,8,10,17H2/t13-,15+/m1/s1. The maximum Gasteiger partial charge on any atom is 0.123 e. The lowest BCUT2D eigenvalue weighted by Gasteiger charge is -2.31. The van der Waals surface area contributed by atoms with Crippen LogP contribution in [-0.2, 0) is 6.42 Å². The van der Waals surface area contributed by atoms with Crippen LogP contribution in [0.3, 0.4) is 0 Å². The molecule has 98 valence electrons. The molecule has 0 fully saturated rings. The molecule has 3 heteroatoms. The molecule has 0 saturated carbocycles. The summed E-state index contributed by atoms with van der Waals surface area (Å²) in [5, 5.41) is 9.66. The number of rotatable bonds is 2. The molecule has 0 aliphatic carbocycles. The molecule has 0 radical (unpaired) electrons. The Bertz CT molecular complexity index is 568. The lowest BCUT2D eigenvalue weighted by atomic mass is 9.84. The first-order chi connectivity index (χ1) is 9.24. The van der Waals surface area contributed by atoms with Gasteiger partial charge in [-0.1, -0.05) is 30.3 Å². The van der Waals surface area contributed by atoms with E-state index in [4.69, 9.17) is 10.5 Å². The van der Waals surface area contributed by atoms with Crippen LogP contribution >= 0.6 is 0 Å². The van der Waals surface area contributed by atoms with Gasteiger partial charge >= 0.3 is 0 Å². The molecule has 1 aliphatic heterocycles. The topological polar surface area (TPSA) is 55.5 Å². The first-order valence-electron chi connectivity index (χ1n) is 6.49. The minimum Gasteiger partial charge on any atom is -0.508 e. The van der Waals surface area contributed by atoms with Crippen molar-refractivity contribution in [3.63, 3.8) is 0 Å².